The second-order valence-corrected chi connectivity index (χ2v) is 10.4. The lowest BCUT2D eigenvalue weighted by Crippen LogP contribution is -2.34. The Kier molecular flexibility index (Phi) is 8.52. The van der Waals surface area contributed by atoms with Crippen LogP contribution in [0.5, 0.6) is 0 Å². The molecule has 0 bridgehead atoms. The van der Waals surface area contributed by atoms with E-state index in [2.05, 4.69) is 0 Å². The van der Waals surface area contributed by atoms with Crippen LogP contribution in [0, 0.1) is 59.3 Å². The van der Waals surface area contributed by atoms with Crippen LogP contribution in [0.2, 0.25) is 0 Å². The average Bonchev–Trinajstić information content (AvgIpc) is 3.23. The van der Waals surface area contributed by atoms with Crippen LogP contribution in [0.25, 0.3) is 0 Å². The van der Waals surface area contributed by atoms with Gasteiger partial charge in [-0.1, -0.05) is 35.4 Å². The summed E-state index contributed by atoms with van der Waals surface area (Å²) in [5, 5.41) is 9.79. The SMILES string of the molecule is COC(C(=O)C1CC(C(=O)O)CC1C(=O)C(OC)c1c(C)cc(C)cc1C)c1c(C)cc(C)cc1C. The van der Waals surface area contributed by atoms with E-state index in [1.54, 1.807) is 0 Å². The fourth-order valence-electron chi connectivity index (χ4n) is 6.22. The summed E-state index contributed by atoms with van der Waals surface area (Å²) in [6.07, 6.45) is -1.53. The number of ketones is 2. The number of aryl methyl sites for hydroxylation is 6. The van der Waals surface area contributed by atoms with Crippen molar-refractivity contribution in [1.29, 1.82) is 0 Å². The fraction of sp³-hybridized carbons (Fsp3) is 0.500. The van der Waals surface area contributed by atoms with Crippen LogP contribution < -0.4 is 0 Å². The molecule has 194 valence electrons. The van der Waals surface area contributed by atoms with Gasteiger partial charge in [-0.3, -0.25) is 14.4 Å². The quantitative estimate of drug-likeness (QED) is 0.497. The zero-order valence-electron chi connectivity index (χ0n) is 22.6. The molecule has 0 aliphatic heterocycles. The standard InChI is InChI=1S/C30H38O6/c1-15-9-17(3)24(18(4)10-15)28(35-7)26(31)22-13-21(30(33)34)14-23(22)27(32)29(36-8)25-19(5)11-16(2)12-20(25)6/h9-12,21-23,28-29H,13-14H2,1-8H3,(H,33,34). The van der Waals surface area contributed by atoms with Crippen LogP contribution in [0.1, 0.15) is 69.6 Å². The number of methoxy groups -OCH3 is 2. The third-order valence-electron chi connectivity index (χ3n) is 7.63. The van der Waals surface area contributed by atoms with E-state index in [-0.39, 0.29) is 24.4 Å². The number of hydrogen-bond donors (Lipinski definition) is 1. The molecular formula is C30H38O6. The van der Waals surface area contributed by atoms with E-state index >= 15 is 0 Å². The number of ether oxygens (including phenoxy) is 2. The molecule has 0 heterocycles. The molecule has 0 spiro atoms. The second-order valence-electron chi connectivity index (χ2n) is 10.4. The zero-order chi connectivity index (χ0) is 26.9. The number of benzene rings is 2. The molecule has 4 unspecified atom stereocenters. The van der Waals surface area contributed by atoms with Gasteiger partial charge in [0.2, 0.25) is 0 Å². The van der Waals surface area contributed by atoms with Crippen LogP contribution in [0.15, 0.2) is 24.3 Å². The summed E-state index contributed by atoms with van der Waals surface area (Å²) in [6.45, 7) is 11.8. The van der Waals surface area contributed by atoms with Gasteiger partial charge in [0, 0.05) is 26.1 Å². The predicted molar refractivity (Wildman–Crippen MR) is 138 cm³/mol. The van der Waals surface area contributed by atoms with Crippen molar-refractivity contribution in [3.63, 3.8) is 0 Å². The van der Waals surface area contributed by atoms with Crippen molar-refractivity contribution in [3.8, 4) is 0 Å². The summed E-state index contributed by atoms with van der Waals surface area (Å²) in [5.41, 5.74) is 7.48. The van der Waals surface area contributed by atoms with Crippen molar-refractivity contribution >= 4 is 17.5 Å². The maximum absolute atomic E-state index is 14.0. The molecule has 1 aliphatic rings. The minimum absolute atomic E-state index is 0.108. The van der Waals surface area contributed by atoms with Gasteiger partial charge in [-0.2, -0.15) is 0 Å². The highest BCUT2D eigenvalue weighted by atomic mass is 16.5. The molecule has 1 N–H and O–H groups in total. The number of Topliss-reactive ketones (excluding diaryl/α,β-unsaturated/α-hetero) is 2. The summed E-state index contributed by atoms with van der Waals surface area (Å²) in [6, 6.07) is 8.01. The minimum atomic E-state index is -0.989. The number of aliphatic carboxylic acids is 1. The number of carboxylic acids is 1. The van der Waals surface area contributed by atoms with Gasteiger partial charge in [-0.15, -0.1) is 0 Å². The maximum atomic E-state index is 14.0. The molecule has 1 aliphatic carbocycles. The Morgan fingerprint density at radius 1 is 0.694 bits per heavy atom. The smallest absolute Gasteiger partial charge is 0.306 e. The van der Waals surface area contributed by atoms with E-state index in [9.17, 15) is 19.5 Å². The lowest BCUT2D eigenvalue weighted by atomic mass is 9.80. The summed E-state index contributed by atoms with van der Waals surface area (Å²) in [7, 11) is 2.97. The Balaban J connectivity index is 2.04. The van der Waals surface area contributed by atoms with Gasteiger partial charge >= 0.3 is 5.97 Å². The second kappa shape index (κ2) is 11.1. The van der Waals surface area contributed by atoms with Gasteiger partial charge in [0.1, 0.15) is 12.2 Å². The number of rotatable bonds is 9. The largest absolute Gasteiger partial charge is 0.481 e. The Hall–Kier alpha value is -2.83. The van der Waals surface area contributed by atoms with E-state index in [0.29, 0.717) is 0 Å². The first kappa shape index (κ1) is 27.8. The Morgan fingerprint density at radius 3 is 1.25 bits per heavy atom. The lowest BCUT2D eigenvalue weighted by Gasteiger charge is -2.28. The van der Waals surface area contributed by atoms with Crippen LogP contribution in [0.4, 0.5) is 0 Å². The number of carbonyl (C=O) groups excluding carboxylic acids is 2. The molecule has 4 atom stereocenters. The van der Waals surface area contributed by atoms with E-state index in [4.69, 9.17) is 9.47 Å². The van der Waals surface area contributed by atoms with Crippen LogP contribution in [-0.4, -0.2) is 36.9 Å². The van der Waals surface area contributed by atoms with E-state index < -0.39 is 35.9 Å². The number of carbonyl (C=O) groups is 3. The molecule has 1 saturated carbocycles. The molecule has 0 aromatic heterocycles. The normalized spacial score (nSPS) is 21.3. The highest BCUT2D eigenvalue weighted by Crippen LogP contribution is 2.44. The molecule has 36 heavy (non-hydrogen) atoms. The summed E-state index contributed by atoms with van der Waals surface area (Å²) >= 11 is 0. The van der Waals surface area contributed by atoms with Gasteiger partial charge in [0.25, 0.3) is 0 Å². The first-order chi connectivity index (χ1) is 16.9. The minimum Gasteiger partial charge on any atom is -0.481 e. The van der Waals surface area contributed by atoms with Crippen LogP contribution >= 0.6 is 0 Å². The van der Waals surface area contributed by atoms with Crippen molar-refractivity contribution in [3.05, 3.63) is 68.8 Å². The lowest BCUT2D eigenvalue weighted by molar-refractivity contribution is -0.142. The highest BCUT2D eigenvalue weighted by molar-refractivity contribution is 5.96. The highest BCUT2D eigenvalue weighted by Gasteiger charge is 2.49. The van der Waals surface area contributed by atoms with Crippen LogP contribution in [-0.2, 0) is 23.9 Å². The molecule has 6 nitrogen and oxygen atoms in total. The number of carboxylic acid groups (broad SMARTS) is 1. The molecule has 2 aromatic carbocycles. The van der Waals surface area contributed by atoms with Crippen LogP contribution in [0.3, 0.4) is 0 Å². The van der Waals surface area contributed by atoms with Crippen molar-refractivity contribution in [2.24, 2.45) is 17.8 Å². The topological polar surface area (TPSA) is 89.9 Å². The first-order valence-electron chi connectivity index (χ1n) is 12.4. The fourth-order valence-corrected chi connectivity index (χ4v) is 6.22. The van der Waals surface area contributed by atoms with Gasteiger partial charge in [-0.05, 0) is 87.8 Å². The van der Waals surface area contributed by atoms with Gasteiger partial charge in [-0.25, -0.2) is 0 Å². The summed E-state index contributed by atoms with van der Waals surface area (Å²) in [4.78, 5) is 39.9. The van der Waals surface area contributed by atoms with E-state index in [1.165, 1.54) is 14.2 Å². The van der Waals surface area contributed by atoms with Gasteiger partial charge < -0.3 is 14.6 Å². The van der Waals surface area contributed by atoms with Crippen molar-refractivity contribution in [1.82, 2.24) is 0 Å². The Morgan fingerprint density at radius 2 is 1.00 bits per heavy atom. The van der Waals surface area contributed by atoms with E-state index in [1.807, 2.05) is 65.8 Å². The molecule has 0 amide bonds. The molecule has 2 aromatic rings. The first-order valence-corrected chi connectivity index (χ1v) is 12.4. The molecule has 3 rings (SSSR count). The monoisotopic (exact) mass is 494 g/mol. The van der Waals surface area contributed by atoms with E-state index in [0.717, 1.165) is 44.5 Å². The zero-order valence-corrected chi connectivity index (χ0v) is 22.6. The predicted octanol–water partition coefficient (Wildman–Crippen LogP) is 5.48. The Labute approximate surface area is 214 Å². The molecule has 6 heteroatoms. The third kappa shape index (κ3) is 5.30. The summed E-state index contributed by atoms with van der Waals surface area (Å²) in [5.74, 6) is -3.80. The van der Waals surface area contributed by atoms with Crippen molar-refractivity contribution in [2.45, 2.75) is 66.6 Å². The van der Waals surface area contributed by atoms with Gasteiger partial charge in [0.15, 0.2) is 11.6 Å². The summed E-state index contributed by atoms with van der Waals surface area (Å²) < 4.78 is 11.4. The molecule has 0 radical (unpaired) electrons. The van der Waals surface area contributed by atoms with Crippen molar-refractivity contribution in [2.75, 3.05) is 14.2 Å². The van der Waals surface area contributed by atoms with Crippen molar-refractivity contribution < 1.29 is 29.0 Å². The maximum Gasteiger partial charge on any atom is 0.306 e. The average molecular weight is 495 g/mol. The number of hydrogen-bond acceptors (Lipinski definition) is 5. The van der Waals surface area contributed by atoms with Gasteiger partial charge in [0.05, 0.1) is 5.92 Å². The molecule has 0 saturated heterocycles. The Bertz CT molecular complexity index is 1050. The molecular weight excluding hydrogens is 456 g/mol. The molecule has 1 fully saturated rings. The third-order valence-corrected chi connectivity index (χ3v) is 7.63.